The normalized spacial score (nSPS) is 15.1. The molecule has 0 spiro atoms. The highest BCUT2D eigenvalue weighted by Gasteiger charge is 2.22. The van der Waals surface area contributed by atoms with Crippen molar-refractivity contribution in [3.8, 4) is 0 Å². The fourth-order valence-electron chi connectivity index (χ4n) is 2.58. The Morgan fingerprint density at radius 2 is 1.76 bits per heavy atom. The van der Waals surface area contributed by atoms with Gasteiger partial charge in [-0.15, -0.1) is 0 Å². The molecular formula is C15H19NO. The highest BCUT2D eigenvalue weighted by atomic mass is 16.3. The van der Waals surface area contributed by atoms with Gasteiger partial charge in [0.05, 0.1) is 11.6 Å². The van der Waals surface area contributed by atoms with Gasteiger partial charge in [0.25, 0.3) is 0 Å². The Hall–Kier alpha value is -1.41. The number of aliphatic hydroxyl groups excluding tert-OH is 1. The Morgan fingerprint density at radius 3 is 2.41 bits per heavy atom. The number of hydrogen-bond acceptors (Lipinski definition) is 2. The van der Waals surface area contributed by atoms with Crippen molar-refractivity contribution in [1.82, 2.24) is 4.98 Å². The summed E-state index contributed by atoms with van der Waals surface area (Å²) in [6.07, 6.45) is 1.48. The van der Waals surface area contributed by atoms with Gasteiger partial charge in [-0.3, -0.25) is 4.98 Å². The van der Waals surface area contributed by atoms with Gasteiger partial charge >= 0.3 is 0 Å². The first-order chi connectivity index (χ1) is 8.11. The van der Waals surface area contributed by atoms with Gasteiger partial charge in [-0.05, 0) is 30.5 Å². The zero-order valence-corrected chi connectivity index (χ0v) is 10.6. The van der Waals surface area contributed by atoms with E-state index in [1.54, 1.807) is 0 Å². The Morgan fingerprint density at radius 1 is 1.06 bits per heavy atom. The highest BCUT2D eigenvalue weighted by molar-refractivity contribution is 5.82. The summed E-state index contributed by atoms with van der Waals surface area (Å²) in [5, 5.41) is 11.1. The second-order valence-corrected chi connectivity index (χ2v) is 4.93. The van der Waals surface area contributed by atoms with Crippen molar-refractivity contribution < 1.29 is 5.11 Å². The van der Waals surface area contributed by atoms with Crippen LogP contribution in [-0.2, 0) is 0 Å². The molecule has 0 aliphatic heterocycles. The summed E-state index contributed by atoms with van der Waals surface area (Å²) >= 11 is 0. The van der Waals surface area contributed by atoms with Gasteiger partial charge in [0, 0.05) is 17.5 Å². The maximum atomic E-state index is 9.98. The van der Waals surface area contributed by atoms with E-state index in [0.717, 1.165) is 10.9 Å². The number of para-hydroxylation sites is 1. The van der Waals surface area contributed by atoms with Crippen LogP contribution in [-0.4, -0.2) is 16.2 Å². The first-order valence-electron chi connectivity index (χ1n) is 6.13. The summed E-state index contributed by atoms with van der Waals surface area (Å²) in [6, 6.07) is 10.1. The first-order valence-corrected chi connectivity index (χ1v) is 6.13. The summed E-state index contributed by atoms with van der Waals surface area (Å²) in [7, 11) is 0. The lowest BCUT2D eigenvalue weighted by atomic mass is 9.83. The second kappa shape index (κ2) is 4.84. The summed E-state index contributed by atoms with van der Waals surface area (Å²) in [4.78, 5) is 4.36. The SMILES string of the molecule is CC(C)C(c1ccnc2ccccc12)C(C)O. The number of hydrogen-bond donors (Lipinski definition) is 1. The van der Waals surface area contributed by atoms with E-state index >= 15 is 0 Å². The third kappa shape index (κ3) is 2.32. The van der Waals surface area contributed by atoms with Crippen molar-refractivity contribution in [3.05, 3.63) is 42.1 Å². The van der Waals surface area contributed by atoms with E-state index in [1.165, 1.54) is 5.56 Å². The number of nitrogens with zero attached hydrogens (tertiary/aromatic N) is 1. The number of pyridine rings is 1. The van der Waals surface area contributed by atoms with Gasteiger partial charge in [-0.2, -0.15) is 0 Å². The maximum Gasteiger partial charge on any atom is 0.0704 e. The van der Waals surface area contributed by atoms with Crippen LogP contribution in [0.4, 0.5) is 0 Å². The van der Waals surface area contributed by atoms with Crippen molar-refractivity contribution in [2.45, 2.75) is 32.8 Å². The average Bonchev–Trinajstić information content (AvgIpc) is 2.28. The Bertz CT molecular complexity index is 492. The fraction of sp³-hybridized carbons (Fsp3) is 0.400. The number of aliphatic hydroxyl groups is 1. The van der Waals surface area contributed by atoms with Gasteiger partial charge in [0.1, 0.15) is 0 Å². The van der Waals surface area contributed by atoms with Crippen LogP contribution in [0.15, 0.2) is 36.5 Å². The van der Waals surface area contributed by atoms with Crippen molar-refractivity contribution >= 4 is 10.9 Å². The quantitative estimate of drug-likeness (QED) is 0.875. The molecule has 90 valence electrons. The van der Waals surface area contributed by atoms with Crippen LogP contribution in [0.1, 0.15) is 32.3 Å². The number of fused-ring (bicyclic) bond motifs is 1. The van der Waals surface area contributed by atoms with Crippen molar-refractivity contribution in [2.24, 2.45) is 5.92 Å². The summed E-state index contributed by atoms with van der Waals surface area (Å²) in [5.74, 6) is 0.559. The zero-order valence-electron chi connectivity index (χ0n) is 10.6. The Balaban J connectivity index is 2.61. The molecule has 0 saturated heterocycles. The van der Waals surface area contributed by atoms with Crippen LogP contribution in [0.5, 0.6) is 0 Å². The number of aromatic nitrogens is 1. The predicted molar refractivity (Wildman–Crippen MR) is 71.0 cm³/mol. The predicted octanol–water partition coefficient (Wildman–Crippen LogP) is 3.36. The molecule has 1 aromatic carbocycles. The molecule has 1 heterocycles. The fourth-order valence-corrected chi connectivity index (χ4v) is 2.58. The molecule has 2 heteroatoms. The summed E-state index contributed by atoms with van der Waals surface area (Å²) in [5.41, 5.74) is 2.19. The number of benzene rings is 1. The van der Waals surface area contributed by atoms with Crippen molar-refractivity contribution in [2.75, 3.05) is 0 Å². The van der Waals surface area contributed by atoms with Gasteiger partial charge in [0.2, 0.25) is 0 Å². The molecule has 1 aromatic heterocycles. The molecule has 0 bridgehead atoms. The highest BCUT2D eigenvalue weighted by Crippen LogP contribution is 2.32. The number of rotatable bonds is 3. The van der Waals surface area contributed by atoms with E-state index < -0.39 is 0 Å². The van der Waals surface area contributed by atoms with E-state index in [4.69, 9.17) is 0 Å². The molecule has 1 N–H and O–H groups in total. The van der Waals surface area contributed by atoms with Gasteiger partial charge < -0.3 is 5.11 Å². The minimum Gasteiger partial charge on any atom is -0.393 e. The molecule has 2 aromatic rings. The molecule has 17 heavy (non-hydrogen) atoms. The van der Waals surface area contributed by atoms with Crippen molar-refractivity contribution in [1.29, 1.82) is 0 Å². The van der Waals surface area contributed by atoms with E-state index in [2.05, 4.69) is 24.9 Å². The summed E-state index contributed by atoms with van der Waals surface area (Å²) in [6.45, 7) is 6.15. The lowest BCUT2D eigenvalue weighted by Crippen LogP contribution is -2.20. The maximum absolute atomic E-state index is 9.98. The van der Waals surface area contributed by atoms with E-state index in [9.17, 15) is 5.11 Å². The molecular weight excluding hydrogens is 210 g/mol. The molecule has 2 nitrogen and oxygen atoms in total. The average molecular weight is 229 g/mol. The van der Waals surface area contributed by atoms with Crippen LogP contribution in [0.25, 0.3) is 10.9 Å². The smallest absolute Gasteiger partial charge is 0.0704 e. The minimum atomic E-state index is -0.346. The van der Waals surface area contributed by atoms with Gasteiger partial charge in [-0.25, -0.2) is 0 Å². The van der Waals surface area contributed by atoms with Crippen LogP contribution >= 0.6 is 0 Å². The van der Waals surface area contributed by atoms with Crippen LogP contribution in [0.3, 0.4) is 0 Å². The van der Waals surface area contributed by atoms with Crippen LogP contribution in [0.2, 0.25) is 0 Å². The monoisotopic (exact) mass is 229 g/mol. The lowest BCUT2D eigenvalue weighted by molar-refractivity contribution is 0.141. The van der Waals surface area contributed by atoms with Crippen LogP contribution < -0.4 is 0 Å². The first kappa shape index (κ1) is 12.1. The lowest BCUT2D eigenvalue weighted by Gasteiger charge is -2.25. The molecule has 0 aliphatic carbocycles. The second-order valence-electron chi connectivity index (χ2n) is 4.93. The van der Waals surface area contributed by atoms with E-state index in [0.29, 0.717) is 5.92 Å². The molecule has 2 atom stereocenters. The molecule has 0 amide bonds. The zero-order chi connectivity index (χ0) is 12.4. The Labute approximate surface area is 102 Å². The van der Waals surface area contributed by atoms with E-state index in [-0.39, 0.29) is 12.0 Å². The molecule has 2 unspecified atom stereocenters. The van der Waals surface area contributed by atoms with E-state index in [1.807, 2.05) is 37.4 Å². The topological polar surface area (TPSA) is 33.1 Å². The van der Waals surface area contributed by atoms with Gasteiger partial charge in [-0.1, -0.05) is 32.0 Å². The third-order valence-corrected chi connectivity index (χ3v) is 3.28. The standard InChI is InChI=1S/C15H19NO/c1-10(2)15(11(3)17)13-8-9-16-14-7-5-4-6-12(13)14/h4-11,15,17H,1-3H3. The minimum absolute atomic E-state index is 0.155. The van der Waals surface area contributed by atoms with Crippen LogP contribution in [0, 0.1) is 5.92 Å². The Kier molecular flexibility index (Phi) is 3.43. The largest absolute Gasteiger partial charge is 0.393 e. The molecule has 0 fully saturated rings. The third-order valence-electron chi connectivity index (χ3n) is 3.28. The molecule has 0 saturated carbocycles. The van der Waals surface area contributed by atoms with Crippen molar-refractivity contribution in [3.63, 3.8) is 0 Å². The molecule has 0 radical (unpaired) electrons. The molecule has 2 rings (SSSR count). The molecule has 0 aliphatic rings. The summed E-state index contributed by atoms with van der Waals surface area (Å²) < 4.78 is 0. The van der Waals surface area contributed by atoms with Gasteiger partial charge in [0.15, 0.2) is 0 Å².